The number of anilines is 1. The molecule has 0 amide bonds. The second-order valence-corrected chi connectivity index (χ2v) is 3.85. The lowest BCUT2D eigenvalue weighted by Gasteiger charge is -2.09. The highest BCUT2D eigenvalue weighted by Gasteiger charge is 2.02. The van der Waals surface area contributed by atoms with Gasteiger partial charge in [0, 0.05) is 31.9 Å². The summed E-state index contributed by atoms with van der Waals surface area (Å²) in [6.45, 7) is 0. The summed E-state index contributed by atoms with van der Waals surface area (Å²) in [5, 5.41) is 8.38. The van der Waals surface area contributed by atoms with E-state index in [-0.39, 0.29) is 0 Å². The maximum Gasteiger partial charge on any atom is 0.394 e. The van der Waals surface area contributed by atoms with Crippen molar-refractivity contribution in [2.45, 2.75) is 0 Å². The van der Waals surface area contributed by atoms with E-state index in [9.17, 15) is 0 Å². The number of hydrogen-bond donors (Lipinski definition) is 2. The molecule has 0 unspecified atom stereocenters. The fourth-order valence-corrected chi connectivity index (χ4v) is 0.817. The Hall–Kier alpha value is -1.69. The van der Waals surface area contributed by atoms with Gasteiger partial charge in [-0.15, -0.1) is 0 Å². The van der Waals surface area contributed by atoms with Gasteiger partial charge in [0.2, 0.25) is 5.39 Å². The normalized spacial score (nSPS) is 9.69. The Morgan fingerprint density at radius 1 is 1.19 bits per heavy atom. The number of diazo groups is 1. The van der Waals surface area contributed by atoms with Crippen LogP contribution in [0.5, 0.6) is 0 Å². The topological polar surface area (TPSA) is 106 Å². The number of hydrogen-bond acceptors (Lipinski definition) is 4. The van der Waals surface area contributed by atoms with Gasteiger partial charge in [-0.3, -0.25) is 9.11 Å². The van der Waals surface area contributed by atoms with Crippen molar-refractivity contribution in [2.24, 2.45) is 0 Å². The standard InChI is InChI=1S/C8H10N3.H2O4S/c1-11(2)8-5-3-7(10-9)4-6-8;1-5(2,3)4/h3-6H,1-2H3;(H2,1,2,3,4)/q+1;. The molecule has 0 fully saturated rings. The molecule has 2 N–H and O–H groups in total. The van der Waals surface area contributed by atoms with E-state index >= 15 is 0 Å². The predicted molar refractivity (Wildman–Crippen MR) is 59.7 cm³/mol. The molecule has 88 valence electrons. The molecular formula is C8H12N3O4S+. The highest BCUT2D eigenvalue weighted by atomic mass is 32.3. The molecule has 7 nitrogen and oxygen atoms in total. The van der Waals surface area contributed by atoms with Gasteiger partial charge in [0.25, 0.3) is 0 Å². The highest BCUT2D eigenvalue weighted by Crippen LogP contribution is 2.17. The third-order valence-corrected chi connectivity index (χ3v) is 1.48. The van der Waals surface area contributed by atoms with Crippen LogP contribution in [0.25, 0.3) is 4.98 Å². The molecule has 0 aliphatic heterocycles. The average Bonchev–Trinajstić information content (AvgIpc) is 2.15. The minimum absolute atomic E-state index is 0.579. The molecule has 0 heterocycles. The van der Waals surface area contributed by atoms with Crippen molar-refractivity contribution < 1.29 is 17.5 Å². The van der Waals surface area contributed by atoms with Crippen molar-refractivity contribution >= 4 is 21.8 Å². The largest absolute Gasteiger partial charge is 0.394 e. The number of nitrogens with zero attached hydrogens (tertiary/aromatic N) is 3. The smallest absolute Gasteiger partial charge is 0.378 e. The fourth-order valence-electron chi connectivity index (χ4n) is 0.817. The van der Waals surface area contributed by atoms with Gasteiger partial charge in [-0.1, -0.05) is 0 Å². The lowest BCUT2D eigenvalue weighted by atomic mass is 10.3. The van der Waals surface area contributed by atoms with Crippen molar-refractivity contribution in [3.8, 4) is 0 Å². The zero-order valence-electron chi connectivity index (χ0n) is 8.77. The molecule has 0 spiro atoms. The molecule has 8 heteroatoms. The van der Waals surface area contributed by atoms with Crippen molar-refractivity contribution in [1.29, 1.82) is 5.39 Å². The second kappa shape index (κ2) is 6.02. The van der Waals surface area contributed by atoms with Crippen molar-refractivity contribution in [1.82, 2.24) is 0 Å². The third-order valence-electron chi connectivity index (χ3n) is 1.48. The Kier molecular flexibility index (Phi) is 5.38. The predicted octanol–water partition coefficient (Wildman–Crippen LogP) is 1.58. The second-order valence-electron chi connectivity index (χ2n) is 2.96. The summed E-state index contributed by atoms with van der Waals surface area (Å²) in [6.07, 6.45) is 0. The average molecular weight is 246 g/mol. The first-order valence-electron chi connectivity index (χ1n) is 4.06. The molecule has 1 rings (SSSR count). The summed E-state index contributed by atoms with van der Waals surface area (Å²) >= 11 is 0. The quantitative estimate of drug-likeness (QED) is 0.575. The monoisotopic (exact) mass is 246 g/mol. The maximum absolute atomic E-state index is 8.74. The molecule has 0 aliphatic rings. The van der Waals surface area contributed by atoms with Gasteiger partial charge in [-0.2, -0.15) is 8.42 Å². The van der Waals surface area contributed by atoms with Crippen LogP contribution < -0.4 is 4.90 Å². The van der Waals surface area contributed by atoms with Crippen LogP contribution >= 0.6 is 0 Å². The van der Waals surface area contributed by atoms with E-state index in [4.69, 9.17) is 22.9 Å². The summed E-state index contributed by atoms with van der Waals surface area (Å²) in [5.41, 5.74) is 1.67. The van der Waals surface area contributed by atoms with Gasteiger partial charge in [0.15, 0.2) is 4.98 Å². The summed E-state index contributed by atoms with van der Waals surface area (Å²) in [5.74, 6) is 0. The van der Waals surface area contributed by atoms with Gasteiger partial charge in [-0.25, -0.2) is 0 Å². The zero-order chi connectivity index (χ0) is 12.8. The summed E-state index contributed by atoms with van der Waals surface area (Å²) < 4.78 is 31.6. The van der Waals surface area contributed by atoms with E-state index in [0.29, 0.717) is 5.69 Å². The highest BCUT2D eigenvalue weighted by molar-refractivity contribution is 7.79. The molecule has 0 bridgehead atoms. The molecular weight excluding hydrogens is 234 g/mol. The van der Waals surface area contributed by atoms with Crippen LogP contribution in [0, 0.1) is 5.39 Å². The molecule has 1 aromatic carbocycles. The first-order chi connectivity index (χ1) is 7.24. The Morgan fingerprint density at radius 2 is 1.56 bits per heavy atom. The first kappa shape index (κ1) is 14.3. The molecule has 0 saturated heterocycles. The Balaban J connectivity index is 0.000000385. The van der Waals surface area contributed by atoms with E-state index in [1.54, 1.807) is 12.1 Å². The van der Waals surface area contributed by atoms with Crippen LogP contribution in [0.4, 0.5) is 11.4 Å². The van der Waals surface area contributed by atoms with Crippen LogP contribution in [0.15, 0.2) is 24.3 Å². The summed E-state index contributed by atoms with van der Waals surface area (Å²) in [6, 6.07) is 7.31. The van der Waals surface area contributed by atoms with Gasteiger partial charge in [-0.05, 0) is 12.1 Å². The van der Waals surface area contributed by atoms with Gasteiger partial charge >= 0.3 is 16.1 Å². The Labute approximate surface area is 93.5 Å². The fraction of sp³-hybridized carbons (Fsp3) is 0.250. The van der Waals surface area contributed by atoms with E-state index in [1.807, 2.05) is 31.1 Å². The maximum atomic E-state index is 8.74. The molecule has 0 saturated carbocycles. The Bertz CT molecular complexity index is 453. The van der Waals surface area contributed by atoms with Crippen molar-refractivity contribution in [2.75, 3.05) is 19.0 Å². The molecule has 1 aromatic rings. The zero-order valence-corrected chi connectivity index (χ0v) is 9.59. The number of rotatable bonds is 1. The van der Waals surface area contributed by atoms with Crippen LogP contribution in [0.1, 0.15) is 0 Å². The first-order valence-corrected chi connectivity index (χ1v) is 5.46. The summed E-state index contributed by atoms with van der Waals surface area (Å²) in [7, 11) is -0.740. The lowest BCUT2D eigenvalue weighted by Crippen LogP contribution is -2.07. The van der Waals surface area contributed by atoms with Crippen LogP contribution in [0.3, 0.4) is 0 Å². The summed E-state index contributed by atoms with van der Waals surface area (Å²) in [4.78, 5) is 5.04. The van der Waals surface area contributed by atoms with Crippen LogP contribution in [-0.4, -0.2) is 31.6 Å². The van der Waals surface area contributed by atoms with Gasteiger partial charge in [0.05, 0.1) is 0 Å². The lowest BCUT2D eigenvalue weighted by molar-refractivity contribution is 0.381. The van der Waals surface area contributed by atoms with E-state index in [2.05, 4.69) is 4.98 Å². The van der Waals surface area contributed by atoms with Crippen molar-refractivity contribution in [3.63, 3.8) is 0 Å². The van der Waals surface area contributed by atoms with Crippen LogP contribution in [-0.2, 0) is 10.4 Å². The molecule has 0 aliphatic carbocycles. The minimum atomic E-state index is -4.67. The molecule has 0 aromatic heterocycles. The SMILES string of the molecule is CN(C)c1ccc([N+]#N)cc1.O=S(=O)(O)O. The molecule has 0 atom stereocenters. The molecule has 16 heavy (non-hydrogen) atoms. The van der Waals surface area contributed by atoms with E-state index in [0.717, 1.165) is 5.69 Å². The van der Waals surface area contributed by atoms with Crippen molar-refractivity contribution in [3.05, 3.63) is 29.2 Å². The third kappa shape index (κ3) is 7.69. The van der Waals surface area contributed by atoms with Gasteiger partial charge in [0.1, 0.15) is 0 Å². The minimum Gasteiger partial charge on any atom is -0.378 e. The number of benzene rings is 1. The van der Waals surface area contributed by atoms with Gasteiger partial charge < -0.3 is 4.90 Å². The Morgan fingerprint density at radius 3 is 1.81 bits per heavy atom. The van der Waals surface area contributed by atoms with Crippen LogP contribution in [0.2, 0.25) is 0 Å². The molecule has 0 radical (unpaired) electrons. The van der Waals surface area contributed by atoms with E-state index < -0.39 is 10.4 Å². The van der Waals surface area contributed by atoms with E-state index in [1.165, 1.54) is 0 Å².